The van der Waals surface area contributed by atoms with Crippen LogP contribution in [0.25, 0.3) is 10.9 Å². The number of benzene rings is 2. The van der Waals surface area contributed by atoms with E-state index in [0.29, 0.717) is 36.4 Å². The number of nitrogens with zero attached hydrogens (tertiary/aromatic N) is 1. The predicted octanol–water partition coefficient (Wildman–Crippen LogP) is 1.08. The molecule has 0 radical (unpaired) electrons. The minimum atomic E-state index is -0.138. The number of hydrogen-bond acceptors (Lipinski definition) is 3. The molecule has 0 saturated heterocycles. The molecule has 3 rings (SSSR count). The van der Waals surface area contributed by atoms with Gasteiger partial charge < -0.3 is 15.2 Å². The van der Waals surface area contributed by atoms with Crippen molar-refractivity contribution in [2.24, 2.45) is 0 Å². The van der Waals surface area contributed by atoms with E-state index in [9.17, 15) is 9.59 Å². The standard InChI is InChI=1S/C22H26N4O2/c1-2-26(15-20-24-19-13-7-6-12-18(19)22(28)25-20)16-21(27)23-14-8-11-17-9-4-3-5-10-17/h3-7,9-10,12-13H,2,8,11,14-16H2,1H3,(H,23,27)(H,24,25,28)/p+1. The van der Waals surface area contributed by atoms with Gasteiger partial charge in [0.1, 0.15) is 6.54 Å². The molecule has 0 bridgehead atoms. The first-order chi connectivity index (χ1) is 13.7. The smallest absolute Gasteiger partial charge is 0.275 e. The van der Waals surface area contributed by atoms with Crippen LogP contribution in [0, 0.1) is 0 Å². The summed E-state index contributed by atoms with van der Waals surface area (Å²) in [6.07, 6.45) is 1.87. The number of aromatic nitrogens is 2. The Balaban J connectivity index is 1.49. The highest BCUT2D eigenvalue weighted by Gasteiger charge is 2.15. The fourth-order valence-electron chi connectivity index (χ4n) is 3.22. The molecule has 3 N–H and O–H groups in total. The normalized spacial score (nSPS) is 12.0. The van der Waals surface area contributed by atoms with Crippen LogP contribution in [0.3, 0.4) is 0 Å². The number of likely N-dealkylation sites (N-methyl/N-ethyl adjacent to an activating group) is 1. The summed E-state index contributed by atoms with van der Waals surface area (Å²) in [4.78, 5) is 32.9. The Hall–Kier alpha value is -2.99. The van der Waals surface area contributed by atoms with Gasteiger partial charge in [0.15, 0.2) is 12.4 Å². The highest BCUT2D eigenvalue weighted by Crippen LogP contribution is 2.05. The average molecular weight is 379 g/mol. The molecule has 3 aromatic rings. The Kier molecular flexibility index (Phi) is 6.92. The van der Waals surface area contributed by atoms with Gasteiger partial charge in [0.2, 0.25) is 0 Å². The van der Waals surface area contributed by atoms with E-state index in [4.69, 9.17) is 0 Å². The van der Waals surface area contributed by atoms with Crippen LogP contribution in [0.5, 0.6) is 0 Å². The highest BCUT2D eigenvalue weighted by molar-refractivity contribution is 5.77. The summed E-state index contributed by atoms with van der Waals surface area (Å²) in [6, 6.07) is 17.5. The van der Waals surface area contributed by atoms with E-state index < -0.39 is 0 Å². The SMILES string of the molecule is CC[NH+](CC(=O)NCCCc1ccccc1)Cc1nc2ccccc2c(=O)[nH]1. The number of rotatable bonds is 9. The minimum Gasteiger partial charge on any atom is -0.351 e. The van der Waals surface area contributed by atoms with Crippen molar-refractivity contribution in [3.8, 4) is 0 Å². The molecule has 6 nitrogen and oxygen atoms in total. The third-order valence-corrected chi connectivity index (χ3v) is 4.80. The molecule has 0 spiro atoms. The Labute approximate surface area is 164 Å². The molecule has 0 aliphatic heterocycles. The van der Waals surface area contributed by atoms with Gasteiger partial charge in [0, 0.05) is 6.54 Å². The average Bonchev–Trinajstić information content (AvgIpc) is 2.71. The molecule has 0 fully saturated rings. The topological polar surface area (TPSA) is 79.3 Å². The van der Waals surface area contributed by atoms with Crippen LogP contribution >= 0.6 is 0 Å². The molecule has 1 amide bonds. The fraction of sp³-hybridized carbons (Fsp3) is 0.318. The highest BCUT2D eigenvalue weighted by atomic mass is 16.2. The lowest BCUT2D eigenvalue weighted by atomic mass is 10.1. The summed E-state index contributed by atoms with van der Waals surface area (Å²) in [5.41, 5.74) is 1.83. The van der Waals surface area contributed by atoms with Gasteiger partial charge >= 0.3 is 0 Å². The molecule has 146 valence electrons. The van der Waals surface area contributed by atoms with E-state index in [1.807, 2.05) is 43.3 Å². The number of para-hydroxylation sites is 1. The lowest BCUT2D eigenvalue weighted by Crippen LogP contribution is -3.11. The zero-order chi connectivity index (χ0) is 19.8. The number of aromatic amines is 1. The van der Waals surface area contributed by atoms with Crippen molar-refractivity contribution in [2.75, 3.05) is 19.6 Å². The van der Waals surface area contributed by atoms with Crippen molar-refractivity contribution in [1.29, 1.82) is 0 Å². The van der Waals surface area contributed by atoms with E-state index in [2.05, 4.69) is 27.4 Å². The zero-order valence-corrected chi connectivity index (χ0v) is 16.2. The molecule has 1 atom stereocenters. The van der Waals surface area contributed by atoms with Crippen molar-refractivity contribution < 1.29 is 9.69 Å². The molecule has 2 aromatic carbocycles. The van der Waals surface area contributed by atoms with Crippen molar-refractivity contribution >= 4 is 16.8 Å². The second kappa shape index (κ2) is 9.80. The quantitative estimate of drug-likeness (QED) is 0.487. The van der Waals surface area contributed by atoms with Gasteiger partial charge in [-0.2, -0.15) is 0 Å². The molecular formula is C22H27N4O2+. The first-order valence-corrected chi connectivity index (χ1v) is 9.78. The lowest BCUT2D eigenvalue weighted by Gasteiger charge is -2.17. The first kappa shape index (κ1) is 19.8. The number of carbonyl (C=O) groups excluding carboxylic acids is 1. The van der Waals surface area contributed by atoms with E-state index in [-0.39, 0.29) is 11.5 Å². The van der Waals surface area contributed by atoms with Crippen molar-refractivity contribution in [2.45, 2.75) is 26.3 Å². The van der Waals surface area contributed by atoms with E-state index in [1.165, 1.54) is 5.56 Å². The van der Waals surface area contributed by atoms with Crippen molar-refractivity contribution in [1.82, 2.24) is 15.3 Å². The molecule has 1 aromatic heterocycles. The number of H-pyrrole nitrogens is 1. The number of fused-ring (bicyclic) bond motifs is 1. The summed E-state index contributed by atoms with van der Waals surface area (Å²) in [5.74, 6) is 0.630. The van der Waals surface area contributed by atoms with E-state index >= 15 is 0 Å². The van der Waals surface area contributed by atoms with Gasteiger partial charge in [0.05, 0.1) is 17.4 Å². The summed E-state index contributed by atoms with van der Waals surface area (Å²) >= 11 is 0. The maximum atomic E-state index is 12.3. The van der Waals surface area contributed by atoms with Gasteiger partial charge in [-0.05, 0) is 37.5 Å². The second-order valence-electron chi connectivity index (χ2n) is 6.93. The van der Waals surface area contributed by atoms with Crippen LogP contribution in [-0.2, 0) is 17.8 Å². The van der Waals surface area contributed by atoms with Gasteiger partial charge in [0.25, 0.3) is 11.5 Å². The van der Waals surface area contributed by atoms with Crippen LogP contribution < -0.4 is 15.8 Å². The Bertz CT molecular complexity index is 969. The van der Waals surface area contributed by atoms with Crippen LogP contribution in [-0.4, -0.2) is 35.5 Å². The lowest BCUT2D eigenvalue weighted by molar-refractivity contribution is -0.904. The van der Waals surface area contributed by atoms with Crippen molar-refractivity contribution in [3.05, 3.63) is 76.3 Å². The molecule has 1 unspecified atom stereocenters. The van der Waals surface area contributed by atoms with E-state index in [1.54, 1.807) is 6.07 Å². The van der Waals surface area contributed by atoms with Crippen LogP contribution in [0.1, 0.15) is 24.7 Å². The van der Waals surface area contributed by atoms with Crippen molar-refractivity contribution in [3.63, 3.8) is 0 Å². The van der Waals surface area contributed by atoms with Gasteiger partial charge in [-0.25, -0.2) is 4.98 Å². The van der Waals surface area contributed by atoms with Gasteiger partial charge in [-0.3, -0.25) is 9.59 Å². The Morgan fingerprint density at radius 1 is 1.11 bits per heavy atom. The monoisotopic (exact) mass is 379 g/mol. The van der Waals surface area contributed by atoms with Crippen LogP contribution in [0.15, 0.2) is 59.4 Å². The Morgan fingerprint density at radius 3 is 2.64 bits per heavy atom. The molecule has 0 aliphatic rings. The first-order valence-electron chi connectivity index (χ1n) is 9.78. The number of carbonyl (C=O) groups is 1. The minimum absolute atomic E-state index is 0.0213. The summed E-state index contributed by atoms with van der Waals surface area (Å²) in [7, 11) is 0. The van der Waals surface area contributed by atoms with Gasteiger partial charge in [-0.1, -0.05) is 42.5 Å². The van der Waals surface area contributed by atoms with Crippen LogP contribution in [0.4, 0.5) is 0 Å². The van der Waals surface area contributed by atoms with E-state index in [0.717, 1.165) is 24.3 Å². The molecule has 0 saturated carbocycles. The number of nitrogens with one attached hydrogen (secondary N) is 3. The number of hydrogen-bond donors (Lipinski definition) is 3. The molecular weight excluding hydrogens is 352 g/mol. The predicted molar refractivity (Wildman–Crippen MR) is 110 cm³/mol. The number of quaternary nitrogens is 1. The molecule has 0 aliphatic carbocycles. The summed E-state index contributed by atoms with van der Waals surface area (Å²) in [6.45, 7) is 4.33. The second-order valence-corrected chi connectivity index (χ2v) is 6.93. The third-order valence-electron chi connectivity index (χ3n) is 4.80. The largest absolute Gasteiger partial charge is 0.351 e. The Morgan fingerprint density at radius 2 is 1.86 bits per heavy atom. The van der Waals surface area contributed by atoms with Crippen LogP contribution in [0.2, 0.25) is 0 Å². The summed E-state index contributed by atoms with van der Waals surface area (Å²) < 4.78 is 0. The number of amides is 1. The number of aryl methyl sites for hydroxylation is 1. The molecule has 1 heterocycles. The molecule has 28 heavy (non-hydrogen) atoms. The maximum Gasteiger partial charge on any atom is 0.275 e. The zero-order valence-electron chi connectivity index (χ0n) is 16.2. The third kappa shape index (κ3) is 5.50. The fourth-order valence-corrected chi connectivity index (χ4v) is 3.22. The van der Waals surface area contributed by atoms with Gasteiger partial charge in [-0.15, -0.1) is 0 Å². The molecule has 6 heteroatoms. The summed E-state index contributed by atoms with van der Waals surface area (Å²) in [5, 5.41) is 3.58. The maximum absolute atomic E-state index is 12.3.